The van der Waals surface area contributed by atoms with Gasteiger partial charge in [-0.3, -0.25) is 0 Å². The van der Waals surface area contributed by atoms with Gasteiger partial charge in [0, 0.05) is 19.7 Å². The quantitative estimate of drug-likeness (QED) is 0.842. The first-order chi connectivity index (χ1) is 11.4. The van der Waals surface area contributed by atoms with Crippen LogP contribution in [-0.4, -0.2) is 46.1 Å². The van der Waals surface area contributed by atoms with Crippen LogP contribution in [0.4, 0.5) is 5.82 Å². The summed E-state index contributed by atoms with van der Waals surface area (Å²) < 4.78 is 7.33. The molecule has 0 N–H and O–H groups in total. The summed E-state index contributed by atoms with van der Waals surface area (Å²) in [6, 6.07) is 0.520. The van der Waals surface area contributed by atoms with E-state index in [-0.39, 0.29) is 5.54 Å². The van der Waals surface area contributed by atoms with E-state index in [2.05, 4.69) is 47.7 Å². The summed E-state index contributed by atoms with van der Waals surface area (Å²) in [7, 11) is 1.75. The Balaban J connectivity index is 2.02. The zero-order chi connectivity index (χ0) is 17.3. The maximum absolute atomic E-state index is 5.35. The van der Waals surface area contributed by atoms with Crippen LogP contribution in [0.1, 0.15) is 47.0 Å². The van der Waals surface area contributed by atoms with Crippen molar-refractivity contribution in [3.63, 3.8) is 0 Å². The van der Waals surface area contributed by atoms with Crippen molar-refractivity contribution in [3.8, 4) is 0 Å². The summed E-state index contributed by atoms with van der Waals surface area (Å²) in [6.07, 6.45) is 7.28. The first kappa shape index (κ1) is 17.1. The zero-order valence-corrected chi connectivity index (χ0v) is 15.5. The summed E-state index contributed by atoms with van der Waals surface area (Å²) in [5.41, 5.74) is 0.799. The van der Waals surface area contributed by atoms with Crippen LogP contribution in [0.25, 0.3) is 11.0 Å². The van der Waals surface area contributed by atoms with Crippen LogP contribution in [0.5, 0.6) is 0 Å². The van der Waals surface area contributed by atoms with E-state index in [1.807, 2.05) is 10.9 Å². The lowest BCUT2D eigenvalue weighted by Crippen LogP contribution is -2.37. The van der Waals surface area contributed by atoms with Crippen molar-refractivity contribution in [1.29, 1.82) is 0 Å². The molecule has 24 heavy (non-hydrogen) atoms. The molecule has 1 aliphatic rings. The van der Waals surface area contributed by atoms with Crippen LogP contribution in [0, 0.1) is 5.92 Å². The van der Waals surface area contributed by atoms with Gasteiger partial charge in [0.05, 0.1) is 23.7 Å². The Bertz CT molecular complexity index is 690. The summed E-state index contributed by atoms with van der Waals surface area (Å²) in [6.45, 7) is 10.3. The van der Waals surface area contributed by atoms with Crippen LogP contribution in [0.3, 0.4) is 0 Å². The number of rotatable bonds is 5. The summed E-state index contributed by atoms with van der Waals surface area (Å²) in [5, 5.41) is 5.62. The Hall–Kier alpha value is -1.69. The average Bonchev–Trinajstić information content (AvgIpc) is 3.14. The van der Waals surface area contributed by atoms with Crippen molar-refractivity contribution in [3.05, 3.63) is 12.5 Å². The molecule has 0 radical (unpaired) electrons. The Morgan fingerprint density at radius 3 is 2.71 bits per heavy atom. The lowest BCUT2D eigenvalue weighted by molar-refractivity contribution is 0.203. The second kappa shape index (κ2) is 6.67. The highest BCUT2D eigenvalue weighted by atomic mass is 16.5. The predicted octanol–water partition coefficient (Wildman–Crippen LogP) is 3.22. The predicted molar refractivity (Wildman–Crippen MR) is 96.3 cm³/mol. The third-order valence-corrected chi connectivity index (χ3v) is 4.90. The van der Waals surface area contributed by atoms with Gasteiger partial charge in [-0.05, 0) is 46.0 Å². The third kappa shape index (κ3) is 3.24. The van der Waals surface area contributed by atoms with Gasteiger partial charge in [0.25, 0.3) is 0 Å². The maximum atomic E-state index is 5.35. The molecule has 6 nitrogen and oxygen atoms in total. The molecule has 0 spiro atoms. The van der Waals surface area contributed by atoms with E-state index in [9.17, 15) is 0 Å². The maximum Gasteiger partial charge on any atom is 0.163 e. The van der Waals surface area contributed by atoms with Gasteiger partial charge in [-0.2, -0.15) is 5.10 Å². The first-order valence-corrected chi connectivity index (χ1v) is 8.86. The minimum Gasteiger partial charge on any atom is -0.383 e. The first-order valence-electron chi connectivity index (χ1n) is 8.86. The Morgan fingerprint density at radius 1 is 1.29 bits per heavy atom. The smallest absolute Gasteiger partial charge is 0.163 e. The van der Waals surface area contributed by atoms with Crippen molar-refractivity contribution < 1.29 is 4.74 Å². The van der Waals surface area contributed by atoms with Crippen molar-refractivity contribution >= 4 is 16.9 Å². The second-order valence-corrected chi connectivity index (χ2v) is 7.92. The number of hydrogen-bond donors (Lipinski definition) is 0. The molecule has 0 bridgehead atoms. The second-order valence-electron chi connectivity index (χ2n) is 7.92. The molecule has 1 fully saturated rings. The van der Waals surface area contributed by atoms with E-state index < -0.39 is 0 Å². The van der Waals surface area contributed by atoms with Crippen molar-refractivity contribution in [2.75, 3.05) is 25.2 Å². The standard InChI is InChI=1S/C18H29N5O/c1-13-6-7-14(10-13)22(8-9-24-5)16-15-11-21-23(18(2,3)4)17(15)20-12-19-16/h11-14H,6-10H2,1-5H3. The Kier molecular flexibility index (Phi) is 4.76. The Morgan fingerprint density at radius 2 is 2.08 bits per heavy atom. The molecule has 2 atom stereocenters. The molecule has 0 aromatic carbocycles. The van der Waals surface area contributed by atoms with Crippen LogP contribution in [0.15, 0.2) is 12.5 Å². The fraction of sp³-hybridized carbons (Fsp3) is 0.722. The molecule has 0 aliphatic heterocycles. The molecule has 132 valence electrons. The van der Waals surface area contributed by atoms with Crippen molar-refractivity contribution in [1.82, 2.24) is 19.7 Å². The van der Waals surface area contributed by atoms with Gasteiger partial charge in [0.2, 0.25) is 0 Å². The normalized spacial score (nSPS) is 21.5. The molecule has 2 heterocycles. The van der Waals surface area contributed by atoms with E-state index in [0.29, 0.717) is 12.6 Å². The van der Waals surface area contributed by atoms with Gasteiger partial charge in [-0.25, -0.2) is 14.6 Å². The molecular weight excluding hydrogens is 302 g/mol. The number of ether oxygens (including phenoxy) is 1. The van der Waals surface area contributed by atoms with Crippen LogP contribution in [0.2, 0.25) is 0 Å². The number of hydrogen-bond acceptors (Lipinski definition) is 5. The van der Waals surface area contributed by atoms with E-state index in [0.717, 1.165) is 29.3 Å². The summed E-state index contributed by atoms with van der Waals surface area (Å²) >= 11 is 0. The molecule has 6 heteroatoms. The van der Waals surface area contributed by atoms with Crippen LogP contribution in [-0.2, 0) is 10.3 Å². The molecule has 2 aromatic heterocycles. The number of nitrogens with zero attached hydrogens (tertiary/aromatic N) is 5. The van der Waals surface area contributed by atoms with Gasteiger partial charge >= 0.3 is 0 Å². The highest BCUT2D eigenvalue weighted by molar-refractivity contribution is 5.87. The molecule has 1 saturated carbocycles. The van der Waals surface area contributed by atoms with Gasteiger partial charge in [0.15, 0.2) is 5.65 Å². The average molecular weight is 331 g/mol. The van der Waals surface area contributed by atoms with Gasteiger partial charge in [-0.15, -0.1) is 0 Å². The van der Waals surface area contributed by atoms with Crippen molar-refractivity contribution in [2.24, 2.45) is 5.92 Å². The monoisotopic (exact) mass is 331 g/mol. The lowest BCUT2D eigenvalue weighted by Gasteiger charge is -2.30. The van der Waals surface area contributed by atoms with E-state index in [1.165, 1.54) is 19.3 Å². The lowest BCUT2D eigenvalue weighted by atomic mass is 10.1. The largest absolute Gasteiger partial charge is 0.383 e. The van der Waals surface area contributed by atoms with Crippen LogP contribution < -0.4 is 4.90 Å². The van der Waals surface area contributed by atoms with Gasteiger partial charge < -0.3 is 9.64 Å². The van der Waals surface area contributed by atoms with Gasteiger partial charge in [-0.1, -0.05) is 6.92 Å². The van der Waals surface area contributed by atoms with Gasteiger partial charge in [0.1, 0.15) is 12.1 Å². The molecule has 1 aliphatic carbocycles. The fourth-order valence-electron chi connectivity index (χ4n) is 3.66. The minimum absolute atomic E-state index is 0.105. The fourth-order valence-corrected chi connectivity index (χ4v) is 3.66. The molecule has 0 saturated heterocycles. The topological polar surface area (TPSA) is 56.1 Å². The number of aromatic nitrogens is 4. The highest BCUT2D eigenvalue weighted by Crippen LogP contribution is 2.34. The number of anilines is 1. The highest BCUT2D eigenvalue weighted by Gasteiger charge is 2.30. The SMILES string of the molecule is COCCN(c1ncnc2c1cnn2C(C)(C)C)C1CCC(C)C1. The van der Waals surface area contributed by atoms with E-state index in [4.69, 9.17) is 4.74 Å². The molecule has 0 amide bonds. The molecule has 3 rings (SSSR count). The third-order valence-electron chi connectivity index (χ3n) is 4.90. The molecule has 2 unspecified atom stereocenters. The van der Waals surface area contributed by atoms with Crippen LogP contribution >= 0.6 is 0 Å². The number of methoxy groups -OCH3 is 1. The minimum atomic E-state index is -0.105. The molecular formula is C18H29N5O. The zero-order valence-electron chi connectivity index (χ0n) is 15.5. The summed E-state index contributed by atoms with van der Waals surface area (Å²) in [5.74, 6) is 1.77. The molecule has 2 aromatic rings. The van der Waals surface area contributed by atoms with E-state index >= 15 is 0 Å². The number of fused-ring (bicyclic) bond motifs is 1. The Labute approximate surface area is 144 Å². The summed E-state index contributed by atoms with van der Waals surface area (Å²) in [4.78, 5) is 11.5. The van der Waals surface area contributed by atoms with Crippen molar-refractivity contribution in [2.45, 2.75) is 58.5 Å². The van der Waals surface area contributed by atoms with E-state index in [1.54, 1.807) is 13.4 Å².